The summed E-state index contributed by atoms with van der Waals surface area (Å²) in [4.78, 5) is 12.2. The van der Waals surface area contributed by atoms with Crippen molar-refractivity contribution in [3.63, 3.8) is 0 Å². The number of ether oxygens (including phenoxy) is 1. The molecule has 0 bridgehead atoms. The number of rotatable bonds is 3. The number of fused-ring (bicyclic) bond motifs is 1. The molecule has 2 aliphatic rings. The lowest BCUT2D eigenvalue weighted by Crippen LogP contribution is -2.18. The SMILES string of the molecule is O=C(CC1CCCCC1)Nc1ccc2c(c1)CNCCO2. The van der Waals surface area contributed by atoms with E-state index < -0.39 is 0 Å². The third-order valence-electron chi connectivity index (χ3n) is 4.39. The minimum atomic E-state index is 0.143. The van der Waals surface area contributed by atoms with Gasteiger partial charge in [-0.2, -0.15) is 0 Å². The molecule has 0 saturated heterocycles. The number of carbonyl (C=O) groups is 1. The zero-order valence-electron chi connectivity index (χ0n) is 12.5. The average Bonchev–Trinajstić information content (AvgIpc) is 2.73. The zero-order chi connectivity index (χ0) is 14.5. The van der Waals surface area contributed by atoms with E-state index in [0.29, 0.717) is 18.9 Å². The summed E-state index contributed by atoms with van der Waals surface area (Å²) >= 11 is 0. The van der Waals surface area contributed by atoms with Gasteiger partial charge in [-0.3, -0.25) is 4.79 Å². The number of nitrogens with one attached hydrogen (secondary N) is 2. The van der Waals surface area contributed by atoms with Crippen molar-refractivity contribution in [3.8, 4) is 5.75 Å². The van der Waals surface area contributed by atoms with E-state index in [-0.39, 0.29) is 5.91 Å². The predicted molar refractivity (Wildman–Crippen MR) is 83.5 cm³/mol. The number of benzene rings is 1. The van der Waals surface area contributed by atoms with Crippen LogP contribution in [-0.2, 0) is 11.3 Å². The van der Waals surface area contributed by atoms with Gasteiger partial charge in [0.1, 0.15) is 12.4 Å². The Balaban J connectivity index is 1.59. The fourth-order valence-corrected chi connectivity index (χ4v) is 3.26. The molecule has 0 spiro atoms. The molecule has 0 unspecified atom stereocenters. The van der Waals surface area contributed by atoms with Crippen LogP contribution < -0.4 is 15.4 Å². The second-order valence-electron chi connectivity index (χ2n) is 6.10. The first-order valence-electron chi connectivity index (χ1n) is 8.07. The van der Waals surface area contributed by atoms with Crippen molar-refractivity contribution in [2.75, 3.05) is 18.5 Å². The molecule has 2 N–H and O–H groups in total. The molecule has 1 aliphatic heterocycles. The summed E-state index contributed by atoms with van der Waals surface area (Å²) in [5, 5.41) is 6.35. The molecule has 21 heavy (non-hydrogen) atoms. The lowest BCUT2D eigenvalue weighted by Gasteiger charge is -2.21. The highest BCUT2D eigenvalue weighted by Gasteiger charge is 2.17. The van der Waals surface area contributed by atoms with Gasteiger partial charge < -0.3 is 15.4 Å². The largest absolute Gasteiger partial charge is 0.492 e. The molecule has 1 heterocycles. The van der Waals surface area contributed by atoms with Crippen molar-refractivity contribution < 1.29 is 9.53 Å². The summed E-state index contributed by atoms with van der Waals surface area (Å²) in [6, 6.07) is 5.91. The van der Waals surface area contributed by atoms with E-state index >= 15 is 0 Å². The van der Waals surface area contributed by atoms with E-state index in [2.05, 4.69) is 10.6 Å². The van der Waals surface area contributed by atoms with Crippen LogP contribution in [0, 0.1) is 5.92 Å². The van der Waals surface area contributed by atoms with Gasteiger partial charge in [0, 0.05) is 30.8 Å². The van der Waals surface area contributed by atoms with Gasteiger partial charge in [0.2, 0.25) is 5.91 Å². The van der Waals surface area contributed by atoms with Crippen LogP contribution in [0.15, 0.2) is 18.2 Å². The number of carbonyl (C=O) groups excluding carboxylic acids is 1. The lowest BCUT2D eigenvalue weighted by atomic mass is 9.87. The van der Waals surface area contributed by atoms with Crippen LogP contribution in [-0.4, -0.2) is 19.1 Å². The van der Waals surface area contributed by atoms with E-state index in [1.165, 1.54) is 32.1 Å². The molecule has 4 heteroatoms. The third kappa shape index (κ3) is 3.97. The molecule has 0 radical (unpaired) electrons. The second kappa shape index (κ2) is 6.94. The third-order valence-corrected chi connectivity index (χ3v) is 4.39. The monoisotopic (exact) mass is 288 g/mol. The van der Waals surface area contributed by atoms with Crippen molar-refractivity contribution in [2.24, 2.45) is 5.92 Å². The smallest absolute Gasteiger partial charge is 0.224 e. The summed E-state index contributed by atoms with van der Waals surface area (Å²) in [6.45, 7) is 2.35. The van der Waals surface area contributed by atoms with Crippen LogP contribution >= 0.6 is 0 Å². The maximum atomic E-state index is 12.2. The van der Waals surface area contributed by atoms with E-state index in [9.17, 15) is 4.79 Å². The molecule has 0 aromatic heterocycles. The fourth-order valence-electron chi connectivity index (χ4n) is 3.26. The van der Waals surface area contributed by atoms with Gasteiger partial charge in [-0.05, 0) is 37.0 Å². The van der Waals surface area contributed by atoms with Gasteiger partial charge >= 0.3 is 0 Å². The van der Waals surface area contributed by atoms with Crippen LogP contribution in [0.4, 0.5) is 5.69 Å². The van der Waals surface area contributed by atoms with Gasteiger partial charge in [0.25, 0.3) is 0 Å². The van der Waals surface area contributed by atoms with Crippen LogP contribution in [0.2, 0.25) is 0 Å². The summed E-state index contributed by atoms with van der Waals surface area (Å²) in [6.07, 6.45) is 6.95. The quantitative estimate of drug-likeness (QED) is 0.898. The maximum Gasteiger partial charge on any atom is 0.224 e. The van der Waals surface area contributed by atoms with Crippen molar-refractivity contribution in [2.45, 2.75) is 45.1 Å². The first-order valence-corrected chi connectivity index (χ1v) is 8.07. The molecular formula is C17H24N2O2. The molecule has 0 atom stereocenters. The van der Waals surface area contributed by atoms with Gasteiger partial charge in [-0.15, -0.1) is 0 Å². The molecule has 1 fully saturated rings. The van der Waals surface area contributed by atoms with Crippen molar-refractivity contribution in [1.29, 1.82) is 0 Å². The molecule has 3 rings (SSSR count). The van der Waals surface area contributed by atoms with E-state index in [4.69, 9.17) is 4.74 Å². The molecule has 114 valence electrons. The zero-order valence-corrected chi connectivity index (χ0v) is 12.5. The minimum absolute atomic E-state index is 0.143. The average molecular weight is 288 g/mol. The van der Waals surface area contributed by atoms with Crippen LogP contribution in [0.3, 0.4) is 0 Å². The molecule has 1 aliphatic carbocycles. The van der Waals surface area contributed by atoms with Gasteiger partial charge in [0.15, 0.2) is 0 Å². The standard InChI is InChI=1S/C17H24N2O2/c20-17(10-13-4-2-1-3-5-13)19-15-6-7-16-14(11-15)12-18-8-9-21-16/h6-7,11,13,18H,1-5,8-10,12H2,(H,19,20). The highest BCUT2D eigenvalue weighted by atomic mass is 16.5. The Kier molecular flexibility index (Phi) is 4.76. The second-order valence-corrected chi connectivity index (χ2v) is 6.10. The molecule has 1 saturated carbocycles. The summed E-state index contributed by atoms with van der Waals surface area (Å²) in [5.74, 6) is 1.64. The molecule has 1 aromatic carbocycles. The van der Waals surface area contributed by atoms with Crippen LogP contribution in [0.5, 0.6) is 5.75 Å². The summed E-state index contributed by atoms with van der Waals surface area (Å²) in [5.41, 5.74) is 1.99. The molecule has 1 aromatic rings. The lowest BCUT2D eigenvalue weighted by molar-refractivity contribution is -0.117. The number of amides is 1. The Hall–Kier alpha value is -1.55. The van der Waals surface area contributed by atoms with Gasteiger partial charge in [-0.1, -0.05) is 19.3 Å². The van der Waals surface area contributed by atoms with Crippen molar-refractivity contribution in [1.82, 2.24) is 5.32 Å². The summed E-state index contributed by atoms with van der Waals surface area (Å²) in [7, 11) is 0. The number of anilines is 1. The predicted octanol–water partition coefficient (Wildman–Crippen LogP) is 3.08. The highest BCUT2D eigenvalue weighted by Crippen LogP contribution is 2.27. The number of hydrogen-bond acceptors (Lipinski definition) is 3. The van der Waals surface area contributed by atoms with Crippen molar-refractivity contribution >= 4 is 11.6 Å². The Morgan fingerprint density at radius 2 is 2.14 bits per heavy atom. The fraction of sp³-hybridized carbons (Fsp3) is 0.588. The van der Waals surface area contributed by atoms with Gasteiger partial charge in [0.05, 0.1) is 0 Å². The summed E-state index contributed by atoms with van der Waals surface area (Å²) < 4.78 is 5.65. The Morgan fingerprint density at radius 1 is 1.29 bits per heavy atom. The Bertz CT molecular complexity index is 496. The van der Waals surface area contributed by atoms with Crippen molar-refractivity contribution in [3.05, 3.63) is 23.8 Å². The topological polar surface area (TPSA) is 50.4 Å². The normalized spacial score (nSPS) is 19.2. The van der Waals surface area contributed by atoms with E-state index in [1.807, 2.05) is 18.2 Å². The van der Waals surface area contributed by atoms with E-state index in [1.54, 1.807) is 0 Å². The number of hydrogen-bond donors (Lipinski definition) is 2. The highest BCUT2D eigenvalue weighted by molar-refractivity contribution is 5.91. The maximum absolute atomic E-state index is 12.2. The Labute approximate surface area is 126 Å². The first-order chi connectivity index (χ1) is 10.3. The van der Waals surface area contributed by atoms with E-state index in [0.717, 1.165) is 30.1 Å². The van der Waals surface area contributed by atoms with Crippen LogP contribution in [0.1, 0.15) is 44.1 Å². The molecule has 4 nitrogen and oxygen atoms in total. The minimum Gasteiger partial charge on any atom is -0.492 e. The molecular weight excluding hydrogens is 264 g/mol. The first kappa shape index (κ1) is 14.4. The molecule has 1 amide bonds. The Morgan fingerprint density at radius 3 is 3.00 bits per heavy atom. The van der Waals surface area contributed by atoms with Crippen LogP contribution in [0.25, 0.3) is 0 Å². The van der Waals surface area contributed by atoms with Gasteiger partial charge in [-0.25, -0.2) is 0 Å².